The Morgan fingerprint density at radius 2 is 1.41 bits per heavy atom. The quantitative estimate of drug-likeness (QED) is 0.414. The SMILES string of the molecule is COc1cc(NC=C2C(=O)OC(C)(C)OC2=O)c(C23CC4CC(CC(C4)C2)C3)cc1OC. The average Bonchev–Trinajstić information content (AvgIpc) is 2.70. The Labute approximate surface area is 188 Å². The van der Waals surface area contributed by atoms with Crippen LogP contribution in [-0.4, -0.2) is 31.9 Å². The van der Waals surface area contributed by atoms with E-state index in [4.69, 9.17) is 18.9 Å². The molecule has 0 unspecified atom stereocenters. The number of ether oxygens (including phenoxy) is 4. The topological polar surface area (TPSA) is 83.1 Å². The van der Waals surface area contributed by atoms with Crippen LogP contribution in [0.2, 0.25) is 0 Å². The summed E-state index contributed by atoms with van der Waals surface area (Å²) < 4.78 is 21.6. The van der Waals surface area contributed by atoms with Crippen molar-refractivity contribution in [2.45, 2.75) is 63.6 Å². The van der Waals surface area contributed by atoms with Crippen LogP contribution in [0.15, 0.2) is 23.9 Å². The molecule has 5 aliphatic rings. The van der Waals surface area contributed by atoms with Gasteiger partial charge in [-0.15, -0.1) is 0 Å². The first-order chi connectivity index (χ1) is 15.2. The summed E-state index contributed by atoms with van der Waals surface area (Å²) in [7, 11) is 3.24. The molecule has 0 aromatic heterocycles. The number of hydrogen-bond acceptors (Lipinski definition) is 7. The maximum atomic E-state index is 12.4. The summed E-state index contributed by atoms with van der Waals surface area (Å²) >= 11 is 0. The highest BCUT2D eigenvalue weighted by molar-refractivity contribution is 6.15. The molecule has 1 heterocycles. The molecule has 1 N–H and O–H groups in total. The number of rotatable bonds is 5. The van der Waals surface area contributed by atoms with E-state index in [1.807, 2.05) is 6.07 Å². The lowest BCUT2D eigenvalue weighted by molar-refractivity contribution is -0.222. The molecule has 1 saturated heterocycles. The van der Waals surface area contributed by atoms with Crippen LogP contribution in [0.1, 0.15) is 57.9 Å². The van der Waals surface area contributed by atoms with Gasteiger partial charge in [0.05, 0.1) is 14.2 Å². The van der Waals surface area contributed by atoms with Crippen LogP contribution >= 0.6 is 0 Å². The van der Waals surface area contributed by atoms with Gasteiger partial charge in [-0.25, -0.2) is 9.59 Å². The summed E-state index contributed by atoms with van der Waals surface area (Å²) in [6.07, 6.45) is 8.91. The van der Waals surface area contributed by atoms with Crippen LogP contribution in [0, 0.1) is 17.8 Å². The second-order valence-corrected chi connectivity index (χ2v) is 10.3. The maximum Gasteiger partial charge on any atom is 0.350 e. The molecule has 172 valence electrons. The molecule has 4 aliphatic carbocycles. The Morgan fingerprint density at radius 1 is 0.906 bits per heavy atom. The monoisotopic (exact) mass is 441 g/mol. The number of esters is 2. The van der Waals surface area contributed by atoms with Crippen molar-refractivity contribution in [3.05, 3.63) is 29.5 Å². The Balaban J connectivity index is 1.54. The van der Waals surface area contributed by atoms with Crippen molar-refractivity contribution in [1.82, 2.24) is 0 Å². The van der Waals surface area contributed by atoms with E-state index in [9.17, 15) is 9.59 Å². The standard InChI is InChI=1S/C25H31NO6/c1-24(2)31-22(27)17(23(28)32-24)13-26-19-9-21(30-4)20(29-3)8-18(19)25-10-14-5-15(11-25)7-16(6-14)12-25/h8-9,13-16,26H,5-7,10-12H2,1-4H3. The predicted octanol–water partition coefficient (Wildman–Crippen LogP) is 4.30. The molecule has 1 aromatic carbocycles. The number of cyclic esters (lactones) is 2. The summed E-state index contributed by atoms with van der Waals surface area (Å²) in [5.41, 5.74) is 1.91. The molecule has 7 heteroatoms. The average molecular weight is 442 g/mol. The van der Waals surface area contributed by atoms with Gasteiger partial charge >= 0.3 is 11.9 Å². The molecule has 4 bridgehead atoms. The van der Waals surface area contributed by atoms with Crippen LogP contribution in [0.3, 0.4) is 0 Å². The Hall–Kier alpha value is -2.70. The molecule has 32 heavy (non-hydrogen) atoms. The first-order valence-corrected chi connectivity index (χ1v) is 11.4. The van der Waals surface area contributed by atoms with Crippen molar-refractivity contribution in [3.8, 4) is 11.5 Å². The van der Waals surface area contributed by atoms with Gasteiger partial charge in [0.2, 0.25) is 0 Å². The van der Waals surface area contributed by atoms with Crippen LogP contribution in [-0.2, 0) is 24.5 Å². The van der Waals surface area contributed by atoms with Gasteiger partial charge in [0.15, 0.2) is 17.1 Å². The summed E-state index contributed by atoms with van der Waals surface area (Å²) in [6, 6.07) is 3.97. The zero-order valence-electron chi connectivity index (χ0n) is 19.2. The zero-order chi connectivity index (χ0) is 22.7. The molecule has 0 radical (unpaired) electrons. The van der Waals surface area contributed by atoms with E-state index in [2.05, 4.69) is 11.4 Å². The number of nitrogens with one attached hydrogen (secondary N) is 1. The highest BCUT2D eigenvalue weighted by Crippen LogP contribution is 2.62. The van der Waals surface area contributed by atoms with E-state index >= 15 is 0 Å². The van der Waals surface area contributed by atoms with Crippen molar-refractivity contribution >= 4 is 17.6 Å². The second-order valence-electron chi connectivity index (χ2n) is 10.3. The van der Waals surface area contributed by atoms with Gasteiger partial charge in [0.25, 0.3) is 5.79 Å². The summed E-state index contributed by atoms with van der Waals surface area (Å²) in [6.45, 7) is 3.07. The lowest BCUT2D eigenvalue weighted by Crippen LogP contribution is -2.48. The number of benzene rings is 1. The van der Waals surface area contributed by atoms with E-state index in [0.717, 1.165) is 23.4 Å². The summed E-state index contributed by atoms with van der Waals surface area (Å²) in [4.78, 5) is 24.8. The van der Waals surface area contributed by atoms with Gasteiger partial charge in [0, 0.05) is 31.8 Å². The predicted molar refractivity (Wildman–Crippen MR) is 117 cm³/mol. The normalized spacial score (nSPS) is 32.2. The molecule has 1 aromatic rings. The third-order valence-electron chi connectivity index (χ3n) is 7.62. The van der Waals surface area contributed by atoms with Crippen molar-refractivity contribution in [2.75, 3.05) is 19.5 Å². The van der Waals surface area contributed by atoms with E-state index in [1.165, 1.54) is 64.1 Å². The third kappa shape index (κ3) is 3.51. The highest BCUT2D eigenvalue weighted by Gasteiger charge is 2.52. The summed E-state index contributed by atoms with van der Waals surface area (Å²) in [5, 5.41) is 3.22. The fourth-order valence-electron chi connectivity index (χ4n) is 6.81. The van der Waals surface area contributed by atoms with Gasteiger partial charge in [0.1, 0.15) is 0 Å². The molecule has 4 saturated carbocycles. The van der Waals surface area contributed by atoms with E-state index in [1.54, 1.807) is 14.2 Å². The number of carbonyl (C=O) groups is 2. The van der Waals surface area contributed by atoms with Crippen molar-refractivity contribution < 1.29 is 28.5 Å². The molecular formula is C25H31NO6. The second kappa shape index (κ2) is 7.42. The van der Waals surface area contributed by atoms with E-state index < -0.39 is 17.7 Å². The first-order valence-electron chi connectivity index (χ1n) is 11.4. The minimum Gasteiger partial charge on any atom is -0.493 e. The maximum absolute atomic E-state index is 12.4. The Morgan fingerprint density at radius 3 is 1.91 bits per heavy atom. The molecule has 0 spiro atoms. The fourth-order valence-corrected chi connectivity index (χ4v) is 6.81. The van der Waals surface area contributed by atoms with E-state index in [0.29, 0.717) is 11.5 Å². The number of anilines is 1. The Kier molecular flexibility index (Phi) is 4.91. The highest BCUT2D eigenvalue weighted by atomic mass is 16.7. The van der Waals surface area contributed by atoms with Gasteiger partial charge in [-0.05, 0) is 73.3 Å². The number of carbonyl (C=O) groups excluding carboxylic acids is 2. The smallest absolute Gasteiger partial charge is 0.350 e. The van der Waals surface area contributed by atoms with Crippen molar-refractivity contribution in [1.29, 1.82) is 0 Å². The molecule has 1 aliphatic heterocycles. The minimum atomic E-state index is -1.26. The molecule has 7 nitrogen and oxygen atoms in total. The number of hydrogen-bond donors (Lipinski definition) is 1. The zero-order valence-corrected chi connectivity index (χ0v) is 19.2. The summed E-state index contributed by atoms with van der Waals surface area (Å²) in [5.74, 6) is 0.931. The van der Waals surface area contributed by atoms with Gasteiger partial charge in [-0.2, -0.15) is 0 Å². The van der Waals surface area contributed by atoms with Gasteiger partial charge in [-0.3, -0.25) is 0 Å². The van der Waals surface area contributed by atoms with Crippen molar-refractivity contribution in [2.24, 2.45) is 17.8 Å². The molecule has 0 amide bonds. The van der Waals surface area contributed by atoms with E-state index in [-0.39, 0.29) is 11.0 Å². The Bertz CT molecular complexity index is 937. The van der Waals surface area contributed by atoms with Gasteiger partial charge < -0.3 is 24.3 Å². The van der Waals surface area contributed by atoms with Crippen LogP contribution in [0.25, 0.3) is 0 Å². The molecule has 0 atom stereocenters. The molecule has 6 rings (SSSR count). The number of methoxy groups -OCH3 is 2. The van der Waals surface area contributed by atoms with Crippen LogP contribution in [0.4, 0.5) is 5.69 Å². The molecule has 5 fully saturated rings. The van der Waals surface area contributed by atoms with Crippen LogP contribution < -0.4 is 14.8 Å². The first kappa shape index (κ1) is 21.2. The third-order valence-corrected chi connectivity index (χ3v) is 7.62. The lowest BCUT2D eigenvalue weighted by Gasteiger charge is -2.57. The minimum absolute atomic E-state index is 0.0741. The lowest BCUT2D eigenvalue weighted by atomic mass is 9.48. The van der Waals surface area contributed by atoms with Crippen LogP contribution in [0.5, 0.6) is 11.5 Å². The largest absolute Gasteiger partial charge is 0.493 e. The van der Waals surface area contributed by atoms with Crippen molar-refractivity contribution in [3.63, 3.8) is 0 Å². The van der Waals surface area contributed by atoms with Gasteiger partial charge in [-0.1, -0.05) is 0 Å². The fraction of sp³-hybridized carbons (Fsp3) is 0.600. The molecular weight excluding hydrogens is 410 g/mol.